The van der Waals surface area contributed by atoms with Crippen LogP contribution in [0.3, 0.4) is 0 Å². The molecule has 6 rings (SSSR count). The Labute approximate surface area is 221 Å². The minimum Gasteiger partial charge on any atom is -0.435 e. The van der Waals surface area contributed by atoms with Gasteiger partial charge in [0, 0.05) is 37.8 Å². The van der Waals surface area contributed by atoms with E-state index in [1.165, 1.54) is 0 Å². The minimum absolute atomic E-state index is 0.0797. The van der Waals surface area contributed by atoms with Crippen LogP contribution in [0.2, 0.25) is 0 Å². The maximum atomic E-state index is 14.0. The molecule has 0 saturated heterocycles. The number of aromatic nitrogens is 6. The van der Waals surface area contributed by atoms with Gasteiger partial charge in [-0.05, 0) is 49.1 Å². The number of fused-ring (bicyclic) bond motifs is 1. The third-order valence-corrected chi connectivity index (χ3v) is 7.18. The largest absolute Gasteiger partial charge is 0.435 e. The van der Waals surface area contributed by atoms with Crippen molar-refractivity contribution >= 4 is 11.1 Å². The van der Waals surface area contributed by atoms with Crippen LogP contribution in [0.4, 0.5) is 13.2 Å². The Morgan fingerprint density at radius 3 is 2.67 bits per heavy atom. The highest BCUT2D eigenvalue weighted by atomic mass is 19.4. The van der Waals surface area contributed by atoms with Crippen molar-refractivity contribution in [3.63, 3.8) is 0 Å². The molecule has 39 heavy (non-hydrogen) atoms. The third kappa shape index (κ3) is 4.70. The first kappa shape index (κ1) is 25.3. The van der Waals surface area contributed by atoms with Crippen LogP contribution in [0.5, 0.6) is 0 Å². The fourth-order valence-corrected chi connectivity index (χ4v) is 5.22. The summed E-state index contributed by atoms with van der Waals surface area (Å²) in [4.78, 5) is 4.45. The maximum Gasteiger partial charge on any atom is 0.420 e. The van der Waals surface area contributed by atoms with Crippen molar-refractivity contribution in [1.82, 2.24) is 34.8 Å². The highest BCUT2D eigenvalue weighted by Gasteiger charge is 2.36. The number of aliphatic hydroxyl groups is 1. The second kappa shape index (κ2) is 9.62. The lowest BCUT2D eigenvalue weighted by atomic mass is 10.0. The van der Waals surface area contributed by atoms with Crippen molar-refractivity contribution in [3.8, 4) is 34.1 Å². The molecule has 2 atom stereocenters. The molecule has 1 aliphatic carbocycles. The highest BCUT2D eigenvalue weighted by Crippen LogP contribution is 2.39. The molecule has 1 saturated carbocycles. The summed E-state index contributed by atoms with van der Waals surface area (Å²) in [7, 11) is 3.63. The van der Waals surface area contributed by atoms with Gasteiger partial charge in [-0.2, -0.15) is 18.3 Å². The molecule has 9 nitrogen and oxygen atoms in total. The molecular formula is C27H26F3N7O2. The van der Waals surface area contributed by atoms with Gasteiger partial charge in [0.1, 0.15) is 17.4 Å². The predicted octanol–water partition coefficient (Wildman–Crippen LogP) is 4.71. The van der Waals surface area contributed by atoms with Gasteiger partial charge in [0.15, 0.2) is 11.4 Å². The lowest BCUT2D eigenvalue weighted by Gasteiger charge is -2.17. The summed E-state index contributed by atoms with van der Waals surface area (Å²) in [5, 5.41) is 25.8. The number of hydrogen-bond donors (Lipinski definition) is 2. The number of alkyl halides is 3. The Morgan fingerprint density at radius 2 is 1.95 bits per heavy atom. The topological polar surface area (TPSA) is 107 Å². The fourth-order valence-electron chi connectivity index (χ4n) is 5.22. The Bertz CT molecular complexity index is 1650. The van der Waals surface area contributed by atoms with Crippen molar-refractivity contribution in [1.29, 1.82) is 0 Å². The number of nitrogens with one attached hydrogen (secondary N) is 1. The molecule has 1 fully saturated rings. The maximum absolute atomic E-state index is 14.0. The molecule has 0 bridgehead atoms. The van der Waals surface area contributed by atoms with Crippen molar-refractivity contribution in [3.05, 3.63) is 60.0 Å². The number of halogens is 3. The van der Waals surface area contributed by atoms with Crippen molar-refractivity contribution in [2.45, 2.75) is 44.1 Å². The average Bonchev–Trinajstić information content (AvgIpc) is 3.69. The number of rotatable bonds is 6. The van der Waals surface area contributed by atoms with Gasteiger partial charge in [0.2, 0.25) is 5.89 Å². The van der Waals surface area contributed by atoms with E-state index in [-0.39, 0.29) is 29.6 Å². The number of benzene rings is 2. The summed E-state index contributed by atoms with van der Waals surface area (Å²) in [6, 6.07) is 9.77. The number of nitrogens with zero attached hydrogens (tertiary/aromatic N) is 6. The number of aliphatic hydroxyl groups excluding tert-OH is 1. The summed E-state index contributed by atoms with van der Waals surface area (Å²) in [5.74, 6) is 0.711. The zero-order chi connectivity index (χ0) is 27.3. The van der Waals surface area contributed by atoms with Crippen molar-refractivity contribution in [2.24, 2.45) is 14.1 Å². The smallest absolute Gasteiger partial charge is 0.420 e. The Morgan fingerprint density at radius 1 is 1.13 bits per heavy atom. The first-order valence-corrected chi connectivity index (χ1v) is 12.6. The lowest BCUT2D eigenvalue weighted by molar-refractivity contribution is -0.136. The summed E-state index contributed by atoms with van der Waals surface area (Å²) < 4.78 is 51.4. The van der Waals surface area contributed by atoms with Crippen LogP contribution in [0.15, 0.2) is 53.3 Å². The van der Waals surface area contributed by atoms with Gasteiger partial charge in [-0.15, -0.1) is 10.2 Å². The van der Waals surface area contributed by atoms with Crippen molar-refractivity contribution < 1.29 is 22.7 Å². The monoisotopic (exact) mass is 537 g/mol. The van der Waals surface area contributed by atoms with Crippen LogP contribution in [-0.2, 0) is 26.8 Å². The Hall–Kier alpha value is -4.03. The van der Waals surface area contributed by atoms with E-state index in [4.69, 9.17) is 4.42 Å². The molecule has 0 spiro atoms. The molecule has 0 amide bonds. The van der Waals surface area contributed by atoms with Crippen LogP contribution in [0, 0.1) is 0 Å². The van der Waals surface area contributed by atoms with Crippen LogP contribution in [-0.4, -0.2) is 46.8 Å². The summed E-state index contributed by atoms with van der Waals surface area (Å²) in [5.41, 5.74) is 2.17. The van der Waals surface area contributed by atoms with E-state index in [1.807, 2.05) is 13.1 Å². The molecule has 0 radical (unpaired) electrons. The van der Waals surface area contributed by atoms with Gasteiger partial charge in [0.25, 0.3) is 0 Å². The molecule has 0 unspecified atom stereocenters. The van der Waals surface area contributed by atoms with E-state index < -0.39 is 17.8 Å². The molecule has 2 aromatic carbocycles. The molecule has 1 aliphatic rings. The fraction of sp³-hybridized carbons (Fsp3) is 0.333. The first-order chi connectivity index (χ1) is 18.7. The Kier molecular flexibility index (Phi) is 6.23. The number of hydrogen-bond acceptors (Lipinski definition) is 7. The first-order valence-electron chi connectivity index (χ1n) is 12.6. The van der Waals surface area contributed by atoms with Gasteiger partial charge >= 0.3 is 6.18 Å². The standard InChI is InChI=1S/C27H26F3N7O2/c1-36-14-32-35-25(36)18-13-33-37(2)23(18)16-5-3-6-17(11-16)26-34-21-10-15(12-31-20-7-4-8-22(20)38)9-19(24(21)39-26)27(28,29)30/h3,5-6,9-11,13-14,20,22,31,38H,4,7-8,12H2,1-2H3/t20-,22-/m1/s1. The van der Waals surface area contributed by atoms with E-state index >= 15 is 0 Å². The molecule has 202 valence electrons. The second-order valence-corrected chi connectivity index (χ2v) is 9.87. The SMILES string of the molecule is Cn1cnnc1-c1cnn(C)c1-c1cccc(-c2nc3cc(CN[C@@H]4CCC[C@H]4O)cc(C(F)(F)F)c3o2)c1. The average molecular weight is 538 g/mol. The zero-order valence-corrected chi connectivity index (χ0v) is 21.3. The lowest BCUT2D eigenvalue weighted by Crippen LogP contribution is -2.35. The van der Waals surface area contributed by atoms with Crippen molar-refractivity contribution in [2.75, 3.05) is 0 Å². The molecule has 0 aliphatic heterocycles. The van der Waals surface area contributed by atoms with Crippen LogP contribution in [0.25, 0.3) is 45.2 Å². The molecular weight excluding hydrogens is 511 g/mol. The van der Waals surface area contributed by atoms with E-state index in [2.05, 4.69) is 25.6 Å². The quantitative estimate of drug-likeness (QED) is 0.323. The summed E-state index contributed by atoms with van der Waals surface area (Å²) >= 11 is 0. The molecule has 3 heterocycles. The van der Waals surface area contributed by atoms with E-state index in [9.17, 15) is 18.3 Å². The number of aryl methyl sites for hydroxylation is 2. The predicted molar refractivity (Wildman–Crippen MR) is 137 cm³/mol. The number of oxazole rings is 1. The van der Waals surface area contributed by atoms with Gasteiger partial charge < -0.3 is 19.4 Å². The van der Waals surface area contributed by atoms with Gasteiger partial charge in [-0.1, -0.05) is 12.1 Å². The van der Waals surface area contributed by atoms with E-state index in [0.29, 0.717) is 23.4 Å². The zero-order valence-electron chi connectivity index (χ0n) is 21.3. The molecule has 3 aromatic heterocycles. The van der Waals surface area contributed by atoms with E-state index in [1.54, 1.807) is 53.1 Å². The third-order valence-electron chi connectivity index (χ3n) is 7.18. The summed E-state index contributed by atoms with van der Waals surface area (Å²) in [6.45, 7) is 0.184. The highest BCUT2D eigenvalue weighted by molar-refractivity contribution is 5.83. The molecule has 2 N–H and O–H groups in total. The molecule has 12 heteroatoms. The van der Waals surface area contributed by atoms with Gasteiger partial charge in [0.05, 0.1) is 23.6 Å². The van der Waals surface area contributed by atoms with E-state index in [0.717, 1.165) is 35.7 Å². The van der Waals surface area contributed by atoms with Crippen LogP contribution < -0.4 is 5.32 Å². The van der Waals surface area contributed by atoms with Crippen LogP contribution >= 0.6 is 0 Å². The minimum atomic E-state index is -4.63. The van der Waals surface area contributed by atoms with Crippen LogP contribution in [0.1, 0.15) is 30.4 Å². The summed E-state index contributed by atoms with van der Waals surface area (Å²) in [6.07, 6.45) is 0.537. The second-order valence-electron chi connectivity index (χ2n) is 9.87. The Balaban J connectivity index is 1.39. The normalized spacial score (nSPS) is 17.9. The van der Waals surface area contributed by atoms with Gasteiger partial charge in [-0.25, -0.2) is 4.98 Å². The molecule has 5 aromatic rings. The van der Waals surface area contributed by atoms with Gasteiger partial charge in [-0.3, -0.25) is 4.68 Å².